The molecule has 1 atom stereocenters. The zero-order chi connectivity index (χ0) is 27.4. The number of rotatable bonds is 7. The molecular weight excluding hydrogens is 511 g/mol. The number of ketones is 1. The van der Waals surface area contributed by atoms with Crippen LogP contribution in [0, 0.1) is 6.92 Å². The van der Waals surface area contributed by atoms with Crippen LogP contribution in [0.25, 0.3) is 22.3 Å². The molecule has 2 heterocycles. The summed E-state index contributed by atoms with van der Waals surface area (Å²) >= 11 is 5.89. The fourth-order valence-corrected chi connectivity index (χ4v) is 4.68. The van der Waals surface area contributed by atoms with E-state index in [9.17, 15) is 23.9 Å². The number of fused-ring (bicyclic) bond motifs is 1. The standard InChI is InChI=1S/C28H24ClFN4O4/c1-14-12-18(15(2)31-20-8-9-21(29)32-23(20)27(37)38)22-19(13-14)26(36)34(3)25(33-22)17-6-4-16(5-7-17)24(35)28(30)10-11-28/h4-9,12-13,15,31H,10-11H2,1-3H3,(H,37,38)/t15-/m1/s1. The van der Waals surface area contributed by atoms with Crippen LogP contribution in [-0.2, 0) is 7.05 Å². The van der Waals surface area contributed by atoms with Crippen LogP contribution in [0.15, 0.2) is 53.3 Å². The van der Waals surface area contributed by atoms with Crippen molar-refractivity contribution in [3.63, 3.8) is 0 Å². The minimum Gasteiger partial charge on any atom is -0.476 e. The Morgan fingerprint density at radius 3 is 2.45 bits per heavy atom. The zero-order valence-electron chi connectivity index (χ0n) is 20.9. The predicted octanol–water partition coefficient (Wildman–Crippen LogP) is 5.51. The van der Waals surface area contributed by atoms with E-state index in [2.05, 4.69) is 10.3 Å². The van der Waals surface area contributed by atoms with E-state index < -0.39 is 23.5 Å². The van der Waals surface area contributed by atoms with Crippen molar-refractivity contribution in [1.82, 2.24) is 14.5 Å². The molecule has 0 spiro atoms. The van der Waals surface area contributed by atoms with E-state index in [0.29, 0.717) is 27.9 Å². The molecule has 194 valence electrons. The largest absolute Gasteiger partial charge is 0.476 e. The molecule has 5 rings (SSSR count). The lowest BCUT2D eigenvalue weighted by atomic mass is 10.00. The lowest BCUT2D eigenvalue weighted by Crippen LogP contribution is -2.22. The number of aromatic carboxylic acids is 1. The van der Waals surface area contributed by atoms with Gasteiger partial charge in [0, 0.05) is 23.7 Å². The maximum absolute atomic E-state index is 14.2. The average Bonchev–Trinajstić information content (AvgIpc) is 3.65. The van der Waals surface area contributed by atoms with Crippen molar-refractivity contribution in [2.45, 2.75) is 38.4 Å². The molecule has 8 nitrogen and oxygen atoms in total. The Bertz CT molecular complexity index is 1680. The highest BCUT2D eigenvalue weighted by atomic mass is 35.5. The van der Waals surface area contributed by atoms with Crippen LogP contribution < -0.4 is 10.9 Å². The van der Waals surface area contributed by atoms with Gasteiger partial charge in [-0.25, -0.2) is 19.2 Å². The van der Waals surface area contributed by atoms with E-state index in [0.717, 1.165) is 5.56 Å². The van der Waals surface area contributed by atoms with Crippen LogP contribution in [0.5, 0.6) is 0 Å². The third-order valence-electron chi connectivity index (χ3n) is 6.76. The number of nitrogens with one attached hydrogen (secondary N) is 1. The maximum Gasteiger partial charge on any atom is 0.356 e. The van der Waals surface area contributed by atoms with E-state index in [1.54, 1.807) is 37.4 Å². The fourth-order valence-electron chi connectivity index (χ4n) is 4.53. The summed E-state index contributed by atoms with van der Waals surface area (Å²) in [6, 6.07) is 12.6. The Morgan fingerprint density at radius 2 is 1.82 bits per heavy atom. The average molecular weight is 535 g/mol. The Hall–Kier alpha value is -4.11. The number of anilines is 1. The highest BCUT2D eigenvalue weighted by Gasteiger charge is 2.50. The number of carbonyl (C=O) groups excluding carboxylic acids is 1. The summed E-state index contributed by atoms with van der Waals surface area (Å²) in [6.45, 7) is 3.70. The topological polar surface area (TPSA) is 114 Å². The number of halogens is 2. The minimum atomic E-state index is -1.76. The van der Waals surface area contributed by atoms with Crippen molar-refractivity contribution in [2.24, 2.45) is 7.05 Å². The normalized spacial score (nSPS) is 14.8. The van der Waals surface area contributed by atoms with Gasteiger partial charge in [-0.2, -0.15) is 0 Å². The van der Waals surface area contributed by atoms with E-state index in [1.807, 2.05) is 19.9 Å². The van der Waals surface area contributed by atoms with Crippen LogP contribution in [0.2, 0.25) is 5.15 Å². The van der Waals surface area contributed by atoms with Crippen LogP contribution >= 0.6 is 11.6 Å². The molecule has 38 heavy (non-hydrogen) atoms. The number of alkyl halides is 1. The van der Waals surface area contributed by atoms with Gasteiger partial charge in [0.15, 0.2) is 17.1 Å². The summed E-state index contributed by atoms with van der Waals surface area (Å²) in [5.41, 5.74) is 0.875. The summed E-state index contributed by atoms with van der Waals surface area (Å²) in [7, 11) is 1.62. The fraction of sp³-hybridized carbons (Fsp3) is 0.250. The first-order chi connectivity index (χ1) is 18.0. The van der Waals surface area contributed by atoms with Gasteiger partial charge in [0.1, 0.15) is 11.0 Å². The first-order valence-electron chi connectivity index (χ1n) is 12.0. The van der Waals surface area contributed by atoms with Gasteiger partial charge >= 0.3 is 5.97 Å². The number of carboxylic acids is 1. The lowest BCUT2D eigenvalue weighted by Gasteiger charge is -2.20. The van der Waals surface area contributed by atoms with Crippen LogP contribution in [0.1, 0.15) is 57.8 Å². The molecule has 2 aromatic heterocycles. The first kappa shape index (κ1) is 25.5. The van der Waals surface area contributed by atoms with E-state index >= 15 is 0 Å². The maximum atomic E-state index is 14.2. The van der Waals surface area contributed by atoms with Crippen molar-refractivity contribution in [3.8, 4) is 11.4 Å². The molecule has 1 saturated carbocycles. The molecule has 1 fully saturated rings. The van der Waals surface area contributed by atoms with Crippen molar-refractivity contribution in [1.29, 1.82) is 0 Å². The van der Waals surface area contributed by atoms with Crippen molar-refractivity contribution < 1.29 is 19.1 Å². The third kappa shape index (κ3) is 4.54. The summed E-state index contributed by atoms with van der Waals surface area (Å²) in [6.07, 6.45) is 0.478. The predicted molar refractivity (Wildman–Crippen MR) is 143 cm³/mol. The van der Waals surface area contributed by atoms with Crippen LogP contribution in [-0.4, -0.2) is 37.1 Å². The quantitative estimate of drug-likeness (QED) is 0.237. The molecule has 1 aliphatic carbocycles. The highest BCUT2D eigenvalue weighted by molar-refractivity contribution is 6.29. The van der Waals surface area contributed by atoms with Gasteiger partial charge in [-0.05, 0) is 50.5 Å². The molecule has 2 N–H and O–H groups in total. The summed E-state index contributed by atoms with van der Waals surface area (Å²) in [5.74, 6) is -1.38. The number of hydrogen-bond donors (Lipinski definition) is 2. The van der Waals surface area contributed by atoms with Gasteiger partial charge in [-0.1, -0.05) is 41.9 Å². The van der Waals surface area contributed by atoms with E-state index in [4.69, 9.17) is 16.6 Å². The molecule has 4 aromatic rings. The number of pyridine rings is 1. The molecule has 1 aliphatic rings. The Balaban J connectivity index is 1.59. The number of hydrogen-bond acceptors (Lipinski definition) is 6. The van der Waals surface area contributed by atoms with Gasteiger partial charge in [0.05, 0.1) is 22.6 Å². The number of Topliss-reactive ketones (excluding diaryl/α,β-unsaturated/α-hetero) is 1. The van der Waals surface area contributed by atoms with Crippen LogP contribution in [0.4, 0.5) is 10.1 Å². The summed E-state index contributed by atoms with van der Waals surface area (Å²) < 4.78 is 15.7. The number of aryl methyl sites for hydroxylation is 1. The Morgan fingerprint density at radius 1 is 1.13 bits per heavy atom. The van der Waals surface area contributed by atoms with Gasteiger partial charge in [-0.15, -0.1) is 0 Å². The Labute approximate surface area is 222 Å². The minimum absolute atomic E-state index is 0.0583. The lowest BCUT2D eigenvalue weighted by molar-refractivity contribution is 0.0691. The monoisotopic (exact) mass is 534 g/mol. The number of carboxylic acid groups (broad SMARTS) is 1. The summed E-state index contributed by atoms with van der Waals surface area (Å²) in [5, 5.41) is 13.2. The van der Waals surface area contributed by atoms with E-state index in [-0.39, 0.29) is 40.5 Å². The number of benzene rings is 2. The second kappa shape index (κ2) is 9.33. The summed E-state index contributed by atoms with van der Waals surface area (Å²) in [4.78, 5) is 46.2. The third-order valence-corrected chi connectivity index (χ3v) is 6.97. The first-order valence-corrected chi connectivity index (χ1v) is 12.4. The van der Waals surface area contributed by atoms with Crippen molar-refractivity contribution >= 4 is 39.9 Å². The highest BCUT2D eigenvalue weighted by Crippen LogP contribution is 2.42. The molecule has 0 aliphatic heterocycles. The van der Waals surface area contributed by atoms with Gasteiger partial charge in [-0.3, -0.25) is 14.2 Å². The Kier molecular flexibility index (Phi) is 6.27. The number of aromatic nitrogens is 3. The van der Waals surface area contributed by atoms with Crippen molar-refractivity contribution in [2.75, 3.05) is 5.32 Å². The van der Waals surface area contributed by atoms with Crippen LogP contribution in [0.3, 0.4) is 0 Å². The number of carbonyl (C=O) groups is 2. The smallest absolute Gasteiger partial charge is 0.356 e. The van der Waals surface area contributed by atoms with Gasteiger partial charge in [0.2, 0.25) is 0 Å². The second-order valence-electron chi connectivity index (χ2n) is 9.62. The van der Waals surface area contributed by atoms with Gasteiger partial charge in [0.25, 0.3) is 5.56 Å². The molecule has 0 saturated heterocycles. The molecule has 0 amide bonds. The number of nitrogens with zero attached hydrogens (tertiary/aromatic N) is 3. The molecule has 10 heteroatoms. The molecule has 0 unspecified atom stereocenters. The zero-order valence-corrected chi connectivity index (χ0v) is 21.6. The van der Waals surface area contributed by atoms with E-state index in [1.165, 1.54) is 16.7 Å². The van der Waals surface area contributed by atoms with Gasteiger partial charge < -0.3 is 10.4 Å². The SMILES string of the molecule is Cc1cc([C@@H](C)Nc2ccc(Cl)nc2C(=O)O)c2nc(-c3ccc(C(=O)C4(F)CC4)cc3)n(C)c(=O)c2c1. The molecular formula is C28H24ClFN4O4. The molecule has 2 aromatic carbocycles. The second-order valence-corrected chi connectivity index (χ2v) is 10.0. The molecule has 0 bridgehead atoms. The molecule has 0 radical (unpaired) electrons. The van der Waals surface area contributed by atoms with Crippen molar-refractivity contribution in [3.05, 3.63) is 86.4 Å².